The summed E-state index contributed by atoms with van der Waals surface area (Å²) in [6.07, 6.45) is 4.14. The molecule has 16 heavy (non-hydrogen) atoms. The number of piperazine rings is 1. The van der Waals surface area contributed by atoms with Crippen LogP contribution >= 0.6 is 11.6 Å². The van der Waals surface area contributed by atoms with E-state index < -0.39 is 0 Å². The van der Waals surface area contributed by atoms with Gasteiger partial charge >= 0.3 is 0 Å². The first-order chi connectivity index (χ1) is 7.84. The monoisotopic (exact) mass is 240 g/mol. The van der Waals surface area contributed by atoms with Gasteiger partial charge in [0.25, 0.3) is 0 Å². The van der Waals surface area contributed by atoms with Gasteiger partial charge in [-0.05, 0) is 6.42 Å². The van der Waals surface area contributed by atoms with Gasteiger partial charge in [-0.1, -0.05) is 11.6 Å². The zero-order chi connectivity index (χ0) is 11.0. The van der Waals surface area contributed by atoms with Gasteiger partial charge in [-0.25, -0.2) is 4.98 Å². The van der Waals surface area contributed by atoms with Crippen LogP contribution in [-0.2, 0) is 13.0 Å². The fourth-order valence-electron chi connectivity index (χ4n) is 2.75. The van der Waals surface area contributed by atoms with Crippen LogP contribution in [0.1, 0.15) is 12.1 Å². The summed E-state index contributed by atoms with van der Waals surface area (Å²) in [6.45, 7) is 5.61. The van der Waals surface area contributed by atoms with Crippen molar-refractivity contribution in [2.75, 3.05) is 26.2 Å². The Balaban J connectivity index is 1.73. The Labute approximate surface area is 101 Å². The van der Waals surface area contributed by atoms with Crippen molar-refractivity contribution < 1.29 is 0 Å². The van der Waals surface area contributed by atoms with Gasteiger partial charge in [-0.2, -0.15) is 0 Å². The fourth-order valence-corrected chi connectivity index (χ4v) is 2.98. The van der Waals surface area contributed by atoms with E-state index in [-0.39, 0.29) is 0 Å². The molecule has 1 atom stereocenters. The Morgan fingerprint density at radius 3 is 2.94 bits per heavy atom. The van der Waals surface area contributed by atoms with Crippen molar-refractivity contribution >= 4 is 11.6 Å². The number of hydrogen-bond donors (Lipinski definition) is 1. The summed E-state index contributed by atoms with van der Waals surface area (Å²) in [5.74, 6) is 0. The second-order valence-electron chi connectivity index (χ2n) is 4.61. The molecule has 1 unspecified atom stereocenters. The van der Waals surface area contributed by atoms with Crippen molar-refractivity contribution in [3.8, 4) is 0 Å². The van der Waals surface area contributed by atoms with Crippen molar-refractivity contribution in [1.82, 2.24) is 19.8 Å². The first-order valence-electron chi connectivity index (χ1n) is 5.99. The normalized spacial score (nSPS) is 26.7. The molecule has 1 aromatic heterocycles. The summed E-state index contributed by atoms with van der Waals surface area (Å²) in [4.78, 5) is 6.76. The number of nitrogens with zero attached hydrogens (tertiary/aromatic N) is 3. The molecule has 2 aliphatic heterocycles. The van der Waals surface area contributed by atoms with Crippen LogP contribution in [0.5, 0.6) is 0 Å². The third-order valence-electron chi connectivity index (χ3n) is 3.70. The molecule has 0 aliphatic carbocycles. The second-order valence-corrected chi connectivity index (χ2v) is 4.97. The minimum Gasteiger partial charge on any atom is -0.333 e. The number of fused-ring (bicyclic) bond motifs is 1. The van der Waals surface area contributed by atoms with Gasteiger partial charge in [0.05, 0.1) is 12.0 Å². The molecule has 1 aromatic rings. The number of hydrogen-bond acceptors (Lipinski definition) is 3. The van der Waals surface area contributed by atoms with E-state index in [4.69, 9.17) is 11.6 Å². The second kappa shape index (κ2) is 4.35. The standard InChI is InChI=1S/C11H17ClN4/c12-11-10-7-9(1-4-16(10)8-14-11)15-5-2-13-3-6-15/h8-9,13H,1-7H2. The summed E-state index contributed by atoms with van der Waals surface area (Å²) in [7, 11) is 0. The number of rotatable bonds is 1. The highest BCUT2D eigenvalue weighted by Gasteiger charge is 2.26. The van der Waals surface area contributed by atoms with E-state index in [1.165, 1.54) is 12.1 Å². The number of imidazole rings is 1. The molecule has 4 nitrogen and oxygen atoms in total. The molecule has 1 fully saturated rings. The lowest BCUT2D eigenvalue weighted by Crippen LogP contribution is -2.50. The van der Waals surface area contributed by atoms with Gasteiger partial charge in [0.1, 0.15) is 5.15 Å². The highest BCUT2D eigenvalue weighted by Crippen LogP contribution is 2.24. The Morgan fingerprint density at radius 1 is 1.31 bits per heavy atom. The molecular formula is C11H17ClN4. The topological polar surface area (TPSA) is 33.1 Å². The van der Waals surface area contributed by atoms with Gasteiger partial charge < -0.3 is 9.88 Å². The van der Waals surface area contributed by atoms with Crippen molar-refractivity contribution in [1.29, 1.82) is 0 Å². The summed E-state index contributed by atoms with van der Waals surface area (Å²) < 4.78 is 2.20. The van der Waals surface area contributed by atoms with Crippen molar-refractivity contribution in [2.45, 2.75) is 25.4 Å². The zero-order valence-corrected chi connectivity index (χ0v) is 10.1. The zero-order valence-electron chi connectivity index (χ0n) is 9.32. The molecule has 0 amide bonds. The number of aromatic nitrogens is 2. The molecule has 5 heteroatoms. The minimum atomic E-state index is 0.656. The molecule has 88 valence electrons. The molecule has 3 heterocycles. The Kier molecular flexibility index (Phi) is 2.88. The van der Waals surface area contributed by atoms with E-state index in [0.717, 1.165) is 39.1 Å². The molecule has 0 radical (unpaired) electrons. The van der Waals surface area contributed by atoms with Crippen LogP contribution in [0.15, 0.2) is 6.33 Å². The molecule has 2 aliphatic rings. The average molecular weight is 241 g/mol. The lowest BCUT2D eigenvalue weighted by atomic mass is 10.0. The third kappa shape index (κ3) is 1.85. The molecule has 1 N–H and O–H groups in total. The summed E-state index contributed by atoms with van der Waals surface area (Å²) in [5.41, 5.74) is 1.22. The van der Waals surface area contributed by atoms with E-state index in [0.29, 0.717) is 11.2 Å². The Bertz CT molecular complexity index is 370. The highest BCUT2D eigenvalue weighted by atomic mass is 35.5. The van der Waals surface area contributed by atoms with E-state index >= 15 is 0 Å². The van der Waals surface area contributed by atoms with Gasteiger partial charge in [-0.3, -0.25) is 4.90 Å². The smallest absolute Gasteiger partial charge is 0.150 e. The van der Waals surface area contributed by atoms with Crippen LogP contribution in [0, 0.1) is 0 Å². The first-order valence-corrected chi connectivity index (χ1v) is 6.36. The van der Waals surface area contributed by atoms with Gasteiger partial charge in [0.2, 0.25) is 0 Å². The summed E-state index contributed by atoms with van der Waals surface area (Å²) in [6, 6.07) is 0.656. The quantitative estimate of drug-likeness (QED) is 0.787. The lowest BCUT2D eigenvalue weighted by molar-refractivity contribution is 0.148. The van der Waals surface area contributed by atoms with Gasteiger partial charge in [0, 0.05) is 45.2 Å². The van der Waals surface area contributed by atoms with Crippen LogP contribution < -0.4 is 5.32 Å². The number of aryl methyl sites for hydroxylation is 1. The predicted molar refractivity (Wildman–Crippen MR) is 63.8 cm³/mol. The van der Waals surface area contributed by atoms with Crippen LogP contribution in [0.3, 0.4) is 0 Å². The number of nitrogens with one attached hydrogen (secondary N) is 1. The fraction of sp³-hybridized carbons (Fsp3) is 0.727. The van der Waals surface area contributed by atoms with Crippen LogP contribution in [-0.4, -0.2) is 46.7 Å². The van der Waals surface area contributed by atoms with Crippen molar-refractivity contribution in [3.05, 3.63) is 17.2 Å². The van der Waals surface area contributed by atoms with Crippen LogP contribution in [0.25, 0.3) is 0 Å². The molecule has 0 spiro atoms. The molecule has 0 bridgehead atoms. The first kappa shape index (κ1) is 10.6. The SMILES string of the molecule is Clc1ncn2c1CC(N1CCNCC1)CC2. The Morgan fingerprint density at radius 2 is 2.12 bits per heavy atom. The van der Waals surface area contributed by atoms with Crippen LogP contribution in [0.4, 0.5) is 0 Å². The maximum Gasteiger partial charge on any atom is 0.150 e. The predicted octanol–water partition coefficient (Wildman–Crippen LogP) is 0.756. The average Bonchev–Trinajstić information content (AvgIpc) is 2.72. The maximum absolute atomic E-state index is 6.10. The van der Waals surface area contributed by atoms with Gasteiger partial charge in [-0.15, -0.1) is 0 Å². The third-order valence-corrected chi connectivity index (χ3v) is 4.01. The van der Waals surface area contributed by atoms with E-state index in [1.807, 2.05) is 6.33 Å². The molecule has 0 aromatic carbocycles. The maximum atomic E-state index is 6.10. The lowest BCUT2D eigenvalue weighted by Gasteiger charge is -2.37. The largest absolute Gasteiger partial charge is 0.333 e. The van der Waals surface area contributed by atoms with E-state index in [9.17, 15) is 0 Å². The van der Waals surface area contributed by atoms with Crippen LogP contribution in [0.2, 0.25) is 5.15 Å². The van der Waals surface area contributed by atoms with Crippen molar-refractivity contribution in [3.63, 3.8) is 0 Å². The van der Waals surface area contributed by atoms with E-state index in [1.54, 1.807) is 0 Å². The van der Waals surface area contributed by atoms with E-state index in [2.05, 4.69) is 19.8 Å². The molecular weight excluding hydrogens is 224 g/mol. The Hall–Kier alpha value is -0.580. The summed E-state index contributed by atoms with van der Waals surface area (Å²) >= 11 is 6.10. The molecule has 3 rings (SSSR count). The summed E-state index contributed by atoms with van der Waals surface area (Å²) in [5, 5.41) is 4.09. The molecule has 0 saturated carbocycles. The highest BCUT2D eigenvalue weighted by molar-refractivity contribution is 6.30. The van der Waals surface area contributed by atoms with Crippen molar-refractivity contribution in [2.24, 2.45) is 0 Å². The minimum absolute atomic E-state index is 0.656. The van der Waals surface area contributed by atoms with Gasteiger partial charge in [0.15, 0.2) is 0 Å². The molecule has 1 saturated heterocycles. The number of halogens is 1.